The minimum Gasteiger partial charge on any atom is -0.444 e. The van der Waals surface area contributed by atoms with Crippen LogP contribution in [0.25, 0.3) is 21.5 Å². The van der Waals surface area contributed by atoms with E-state index in [4.69, 9.17) is 9.47 Å². The van der Waals surface area contributed by atoms with Gasteiger partial charge in [0.15, 0.2) is 5.13 Å². The van der Waals surface area contributed by atoms with E-state index in [-0.39, 0.29) is 51.3 Å². The topological polar surface area (TPSA) is 113 Å². The first kappa shape index (κ1) is 41.0. The number of aromatic nitrogens is 3. The second kappa shape index (κ2) is 17.2. The number of H-pyrrole nitrogens is 1. The van der Waals surface area contributed by atoms with Crippen molar-refractivity contribution in [3.8, 4) is 11.3 Å². The van der Waals surface area contributed by atoms with Gasteiger partial charge in [-0.05, 0) is 104 Å². The molecule has 0 spiro atoms. The first-order valence-corrected chi connectivity index (χ1v) is 17.7. The van der Waals surface area contributed by atoms with E-state index in [1.54, 1.807) is 16.2 Å². The lowest BCUT2D eigenvalue weighted by atomic mass is 10.1. The Morgan fingerprint density at radius 2 is 1.48 bits per heavy atom. The monoisotopic (exact) mass is 742 g/mol. The molecule has 2 fully saturated rings. The number of nitrogens with one attached hydrogen (secondary N) is 2. The van der Waals surface area contributed by atoms with E-state index in [9.17, 15) is 9.59 Å². The molecule has 2 aromatic heterocycles. The number of carbonyl (C=O) groups is 2. The smallest absolute Gasteiger partial charge is 0.410 e. The third kappa shape index (κ3) is 11.0. The highest BCUT2D eigenvalue weighted by atomic mass is 32.1. The molecular formula is C37H54N6O4S3. The number of imidazole rings is 1. The number of aryl methyl sites for hydroxylation is 2. The van der Waals surface area contributed by atoms with E-state index in [1.165, 1.54) is 15.8 Å². The van der Waals surface area contributed by atoms with Crippen LogP contribution in [0.2, 0.25) is 0 Å². The van der Waals surface area contributed by atoms with Gasteiger partial charge in [0, 0.05) is 19.6 Å². The number of hydrogen-bond donors (Lipinski definition) is 2. The number of hydrogen-bond acceptors (Lipinski definition) is 8. The van der Waals surface area contributed by atoms with Crippen LogP contribution >= 0.6 is 38.3 Å². The number of likely N-dealkylation sites (tertiary alicyclic amines) is 2. The van der Waals surface area contributed by atoms with Crippen molar-refractivity contribution in [2.75, 3.05) is 25.0 Å². The summed E-state index contributed by atoms with van der Waals surface area (Å²) < 4.78 is 12.2. The normalized spacial score (nSPS) is 17.4. The third-order valence-corrected chi connectivity index (χ3v) is 9.17. The Bertz CT molecular complexity index is 1710. The number of rotatable bonds is 5. The van der Waals surface area contributed by atoms with Crippen LogP contribution in [0.1, 0.15) is 90.2 Å². The molecule has 0 unspecified atom stereocenters. The van der Waals surface area contributed by atoms with Crippen molar-refractivity contribution in [1.82, 2.24) is 24.8 Å². The van der Waals surface area contributed by atoms with Crippen molar-refractivity contribution < 1.29 is 19.1 Å². The summed E-state index contributed by atoms with van der Waals surface area (Å²) in [5.74, 6) is 0.828. The first-order valence-electron chi connectivity index (χ1n) is 16.9. The number of fused-ring (bicyclic) bond motifs is 1. The highest BCUT2D eigenvalue weighted by Crippen LogP contribution is 2.33. The molecule has 0 saturated carbocycles. The van der Waals surface area contributed by atoms with Crippen LogP contribution in [0, 0.1) is 13.8 Å². The molecule has 4 aromatic rings. The predicted molar refractivity (Wildman–Crippen MR) is 213 cm³/mol. The molecule has 2 saturated heterocycles. The summed E-state index contributed by atoms with van der Waals surface area (Å²) >= 11 is 1.66. The lowest BCUT2D eigenvalue weighted by molar-refractivity contribution is 0.0213. The maximum Gasteiger partial charge on any atom is 0.410 e. The number of thiazole rings is 1. The van der Waals surface area contributed by atoms with Crippen LogP contribution in [0.3, 0.4) is 0 Å². The Hall–Kier alpha value is -3.42. The maximum atomic E-state index is 12.4. The van der Waals surface area contributed by atoms with Crippen LogP contribution in [-0.2, 0) is 9.47 Å². The van der Waals surface area contributed by atoms with Crippen molar-refractivity contribution in [2.45, 2.75) is 104 Å². The van der Waals surface area contributed by atoms with Gasteiger partial charge in [-0.1, -0.05) is 47.2 Å². The molecule has 0 bridgehead atoms. The van der Waals surface area contributed by atoms with Crippen LogP contribution in [0.15, 0.2) is 48.7 Å². The maximum absolute atomic E-state index is 12.4. The SMILES string of the molecule is Cc1ccc(-c2cnc([C@@H]3CCCN3C(=O)OC(C)(C)C)[nH]2)cc1.Cc1ccc2nc(NC[C@@H]3CCCN3C(=O)OC(C)(C)C)sc2c1.S.S. The number of aromatic amines is 1. The van der Waals surface area contributed by atoms with Crippen LogP contribution in [-0.4, -0.2) is 73.8 Å². The molecule has 4 heterocycles. The van der Waals surface area contributed by atoms with Crippen molar-refractivity contribution in [3.63, 3.8) is 0 Å². The predicted octanol–water partition coefficient (Wildman–Crippen LogP) is 9.10. The van der Waals surface area contributed by atoms with Gasteiger partial charge in [-0.3, -0.25) is 4.90 Å². The second-order valence-corrected chi connectivity index (χ2v) is 15.8. The molecule has 0 aliphatic carbocycles. The van der Waals surface area contributed by atoms with E-state index in [1.807, 2.05) is 52.6 Å². The second-order valence-electron chi connectivity index (χ2n) is 14.7. The number of amides is 2. The molecular weight excluding hydrogens is 689 g/mol. The van der Waals surface area contributed by atoms with Crippen molar-refractivity contribution in [1.29, 1.82) is 0 Å². The van der Waals surface area contributed by atoms with Crippen molar-refractivity contribution >= 4 is 65.9 Å². The Labute approximate surface area is 314 Å². The Kier molecular flexibility index (Phi) is 14.1. The molecule has 10 nitrogen and oxygen atoms in total. The number of nitrogens with zero attached hydrogens (tertiary/aromatic N) is 4. The van der Waals surface area contributed by atoms with Gasteiger partial charge in [0.25, 0.3) is 0 Å². The first-order chi connectivity index (χ1) is 22.6. The molecule has 13 heteroatoms. The summed E-state index contributed by atoms with van der Waals surface area (Å²) in [5, 5.41) is 4.31. The number of benzene rings is 2. The highest BCUT2D eigenvalue weighted by Gasteiger charge is 2.35. The van der Waals surface area contributed by atoms with Gasteiger partial charge in [0.2, 0.25) is 0 Å². The Morgan fingerprint density at radius 1 is 0.880 bits per heavy atom. The molecule has 2 aliphatic heterocycles. The number of carbonyl (C=O) groups excluding carboxylic acids is 2. The summed E-state index contributed by atoms with van der Waals surface area (Å²) in [5.41, 5.74) is 4.61. The lowest BCUT2D eigenvalue weighted by Gasteiger charge is -2.28. The molecule has 2 amide bonds. The van der Waals surface area contributed by atoms with Gasteiger partial charge in [-0.25, -0.2) is 19.6 Å². The van der Waals surface area contributed by atoms with E-state index in [0.29, 0.717) is 13.1 Å². The Morgan fingerprint density at radius 3 is 2.14 bits per heavy atom. The van der Waals surface area contributed by atoms with Crippen LogP contribution < -0.4 is 5.32 Å². The van der Waals surface area contributed by atoms with E-state index in [2.05, 4.69) is 76.6 Å². The van der Waals surface area contributed by atoms with E-state index in [0.717, 1.165) is 60.0 Å². The van der Waals surface area contributed by atoms with Crippen molar-refractivity contribution in [2.24, 2.45) is 0 Å². The standard InChI is InChI=1S/C19H25N3O2.C18H25N3O2S.2H2S/c1-13-7-9-14(10-8-13)15-12-20-17(21-15)16-6-5-11-22(16)18(23)24-19(2,3)4;1-12-7-8-14-15(10-12)24-16(20-14)19-11-13-6-5-9-21(13)17(22)23-18(2,3)4;;/h7-10,12,16H,5-6,11H2,1-4H3,(H,20,21);7-8,10,13H,5-6,9,11H2,1-4H3,(H,19,20);2*1H2/t16-;13-;;/m00../s1. The molecule has 2 aromatic carbocycles. The summed E-state index contributed by atoms with van der Waals surface area (Å²) in [6.45, 7) is 17.7. The zero-order valence-corrected chi connectivity index (χ0v) is 33.4. The van der Waals surface area contributed by atoms with E-state index >= 15 is 0 Å². The average Bonchev–Trinajstić information content (AvgIpc) is 3.80. The molecule has 274 valence electrons. The van der Waals surface area contributed by atoms with Gasteiger partial charge in [-0.15, -0.1) is 0 Å². The largest absolute Gasteiger partial charge is 0.444 e. The van der Waals surface area contributed by atoms with Gasteiger partial charge in [-0.2, -0.15) is 27.0 Å². The summed E-state index contributed by atoms with van der Waals surface area (Å²) in [6.07, 6.45) is 5.24. The third-order valence-electron chi connectivity index (χ3n) is 8.19. The zero-order valence-electron chi connectivity index (χ0n) is 30.6. The highest BCUT2D eigenvalue weighted by molar-refractivity contribution is 7.59. The minimum atomic E-state index is -0.486. The van der Waals surface area contributed by atoms with Gasteiger partial charge in [0.05, 0.1) is 34.2 Å². The molecule has 2 N–H and O–H groups in total. The fraction of sp³-hybridized carbons (Fsp3) is 0.514. The molecule has 2 atom stereocenters. The number of anilines is 1. The number of ether oxygens (including phenoxy) is 2. The summed E-state index contributed by atoms with van der Waals surface area (Å²) in [6, 6.07) is 14.7. The molecule has 0 radical (unpaired) electrons. The lowest BCUT2D eigenvalue weighted by Crippen LogP contribution is -2.42. The molecule has 6 rings (SSSR count). The fourth-order valence-corrected chi connectivity index (χ4v) is 6.87. The van der Waals surface area contributed by atoms with Crippen LogP contribution in [0.5, 0.6) is 0 Å². The summed E-state index contributed by atoms with van der Waals surface area (Å²) in [7, 11) is 0. The molecule has 2 aliphatic rings. The molecule has 50 heavy (non-hydrogen) atoms. The van der Waals surface area contributed by atoms with E-state index < -0.39 is 11.2 Å². The quantitative estimate of drug-likeness (QED) is 0.210. The minimum absolute atomic E-state index is 0. The van der Waals surface area contributed by atoms with Gasteiger partial charge >= 0.3 is 12.2 Å². The summed E-state index contributed by atoms with van der Waals surface area (Å²) in [4.78, 5) is 40.9. The average molecular weight is 743 g/mol. The fourth-order valence-electron chi connectivity index (χ4n) is 5.90. The van der Waals surface area contributed by atoms with Crippen LogP contribution in [0.4, 0.5) is 14.7 Å². The Balaban J connectivity index is 0.000000260. The van der Waals surface area contributed by atoms with Gasteiger partial charge in [0.1, 0.15) is 17.0 Å². The van der Waals surface area contributed by atoms with Gasteiger partial charge < -0.3 is 24.7 Å². The van der Waals surface area contributed by atoms with Crippen molar-refractivity contribution in [3.05, 3.63) is 65.6 Å². The zero-order chi connectivity index (χ0) is 34.6.